The number of nitrogens with one attached hydrogen (secondary N) is 1. The lowest BCUT2D eigenvalue weighted by molar-refractivity contribution is 0.0692. The van der Waals surface area contributed by atoms with Crippen molar-refractivity contribution in [1.29, 1.82) is 0 Å². The number of ether oxygens (including phenoxy) is 2. The van der Waals surface area contributed by atoms with E-state index in [1.54, 1.807) is 32.2 Å². The lowest BCUT2D eigenvalue weighted by Gasteiger charge is -2.08. The molecule has 18 heavy (non-hydrogen) atoms. The van der Waals surface area contributed by atoms with E-state index in [1.807, 2.05) is 0 Å². The maximum absolute atomic E-state index is 11.8. The van der Waals surface area contributed by atoms with Gasteiger partial charge < -0.3 is 19.9 Å². The van der Waals surface area contributed by atoms with E-state index < -0.39 is 0 Å². The van der Waals surface area contributed by atoms with Gasteiger partial charge in [0.25, 0.3) is 5.91 Å². The molecule has 1 rings (SSSR count). The van der Waals surface area contributed by atoms with Gasteiger partial charge in [-0.1, -0.05) is 12.1 Å². The summed E-state index contributed by atoms with van der Waals surface area (Å²) < 4.78 is 10.0. The van der Waals surface area contributed by atoms with Crippen molar-refractivity contribution in [1.82, 2.24) is 5.32 Å². The molecule has 5 nitrogen and oxygen atoms in total. The molecule has 0 aliphatic heterocycles. The highest BCUT2D eigenvalue weighted by Gasteiger charge is 2.11. The van der Waals surface area contributed by atoms with E-state index in [0.717, 1.165) is 0 Å². The van der Waals surface area contributed by atoms with Gasteiger partial charge in [-0.3, -0.25) is 4.79 Å². The molecule has 5 heteroatoms. The molecule has 2 N–H and O–H groups in total. The zero-order valence-corrected chi connectivity index (χ0v) is 10.7. The van der Waals surface area contributed by atoms with Gasteiger partial charge in [-0.2, -0.15) is 0 Å². The smallest absolute Gasteiger partial charge is 0.255 e. The standard InChI is InChI=1S/C13H19NO4/c1-10-4-3-5-11(12(10)15)13(16)14-6-7-18-9-8-17-2/h3-5,15H,6-9H2,1-2H3,(H,14,16). The third-order valence-electron chi connectivity index (χ3n) is 2.45. The van der Waals surface area contributed by atoms with Crippen LogP contribution in [0.3, 0.4) is 0 Å². The van der Waals surface area contributed by atoms with E-state index in [1.165, 1.54) is 0 Å². The molecule has 0 bridgehead atoms. The fourth-order valence-electron chi connectivity index (χ4n) is 1.42. The largest absolute Gasteiger partial charge is 0.507 e. The van der Waals surface area contributed by atoms with Gasteiger partial charge in [-0.25, -0.2) is 0 Å². The van der Waals surface area contributed by atoms with Crippen LogP contribution in [0.4, 0.5) is 0 Å². The molecular weight excluding hydrogens is 234 g/mol. The number of methoxy groups -OCH3 is 1. The summed E-state index contributed by atoms with van der Waals surface area (Å²) in [4.78, 5) is 11.8. The number of rotatable bonds is 7. The van der Waals surface area contributed by atoms with Crippen LogP contribution in [0, 0.1) is 6.92 Å². The number of amides is 1. The lowest BCUT2D eigenvalue weighted by Crippen LogP contribution is -2.27. The molecule has 0 fully saturated rings. The monoisotopic (exact) mass is 253 g/mol. The zero-order valence-electron chi connectivity index (χ0n) is 10.7. The maximum atomic E-state index is 11.8. The Labute approximate surface area is 107 Å². The van der Waals surface area contributed by atoms with Crippen LogP contribution in [0.1, 0.15) is 15.9 Å². The highest BCUT2D eigenvalue weighted by atomic mass is 16.5. The first-order valence-electron chi connectivity index (χ1n) is 5.80. The first-order valence-corrected chi connectivity index (χ1v) is 5.80. The normalized spacial score (nSPS) is 10.3. The van der Waals surface area contributed by atoms with Gasteiger partial charge >= 0.3 is 0 Å². The Hall–Kier alpha value is -1.59. The summed E-state index contributed by atoms with van der Waals surface area (Å²) in [6.45, 7) is 3.60. The van der Waals surface area contributed by atoms with Crippen molar-refractivity contribution in [3.8, 4) is 5.75 Å². The molecule has 0 aromatic heterocycles. The summed E-state index contributed by atoms with van der Waals surface area (Å²) >= 11 is 0. The molecular formula is C13H19NO4. The van der Waals surface area contributed by atoms with Crippen LogP contribution in [0.2, 0.25) is 0 Å². The van der Waals surface area contributed by atoms with Gasteiger partial charge in [-0.05, 0) is 18.6 Å². The minimum atomic E-state index is -0.299. The maximum Gasteiger partial charge on any atom is 0.255 e. The predicted octanol–water partition coefficient (Wildman–Crippen LogP) is 1.09. The van der Waals surface area contributed by atoms with Gasteiger partial charge in [-0.15, -0.1) is 0 Å². The predicted molar refractivity (Wildman–Crippen MR) is 67.9 cm³/mol. The van der Waals surface area contributed by atoms with Crippen molar-refractivity contribution in [2.45, 2.75) is 6.92 Å². The van der Waals surface area contributed by atoms with Crippen LogP contribution in [-0.4, -0.2) is 44.5 Å². The van der Waals surface area contributed by atoms with Gasteiger partial charge in [0.2, 0.25) is 0 Å². The number of carbonyl (C=O) groups excluding carboxylic acids is 1. The molecule has 0 unspecified atom stereocenters. The van der Waals surface area contributed by atoms with Crippen LogP contribution >= 0.6 is 0 Å². The number of carbonyl (C=O) groups is 1. The fraction of sp³-hybridized carbons (Fsp3) is 0.462. The van der Waals surface area contributed by atoms with E-state index in [4.69, 9.17) is 9.47 Å². The number of aromatic hydroxyl groups is 1. The highest BCUT2D eigenvalue weighted by molar-refractivity contribution is 5.97. The molecule has 0 spiro atoms. The highest BCUT2D eigenvalue weighted by Crippen LogP contribution is 2.20. The first kappa shape index (κ1) is 14.5. The number of benzene rings is 1. The Kier molecular flexibility index (Phi) is 6.18. The van der Waals surface area contributed by atoms with E-state index in [9.17, 15) is 9.90 Å². The second kappa shape index (κ2) is 7.68. The second-order valence-corrected chi connectivity index (χ2v) is 3.83. The molecule has 100 valence electrons. The summed E-state index contributed by atoms with van der Waals surface area (Å²) in [5.74, 6) is -0.276. The van der Waals surface area contributed by atoms with Crippen LogP contribution in [-0.2, 0) is 9.47 Å². The van der Waals surface area contributed by atoms with Crippen molar-refractivity contribution in [2.75, 3.05) is 33.5 Å². The lowest BCUT2D eigenvalue weighted by atomic mass is 10.1. The molecule has 1 aromatic carbocycles. The van der Waals surface area contributed by atoms with E-state index in [-0.39, 0.29) is 17.2 Å². The Bertz CT molecular complexity index is 393. The Morgan fingerprint density at radius 3 is 2.83 bits per heavy atom. The number of para-hydroxylation sites is 1. The zero-order chi connectivity index (χ0) is 13.4. The third-order valence-corrected chi connectivity index (χ3v) is 2.45. The first-order chi connectivity index (χ1) is 8.66. The number of hydrogen-bond acceptors (Lipinski definition) is 4. The Morgan fingerprint density at radius 2 is 2.11 bits per heavy atom. The average molecular weight is 253 g/mol. The number of hydrogen-bond donors (Lipinski definition) is 2. The van der Waals surface area contributed by atoms with Crippen LogP contribution in [0.15, 0.2) is 18.2 Å². The fourth-order valence-corrected chi connectivity index (χ4v) is 1.42. The van der Waals surface area contributed by atoms with Gasteiger partial charge in [0.1, 0.15) is 5.75 Å². The Balaban J connectivity index is 2.35. The molecule has 0 radical (unpaired) electrons. The molecule has 0 atom stereocenters. The molecule has 0 aliphatic rings. The molecule has 0 heterocycles. The molecule has 1 aromatic rings. The van der Waals surface area contributed by atoms with E-state index >= 15 is 0 Å². The molecule has 1 amide bonds. The molecule has 0 aliphatic carbocycles. The number of aryl methyl sites for hydroxylation is 1. The van der Waals surface area contributed by atoms with Crippen LogP contribution in [0.25, 0.3) is 0 Å². The minimum Gasteiger partial charge on any atom is -0.507 e. The van der Waals surface area contributed by atoms with Crippen molar-refractivity contribution in [3.63, 3.8) is 0 Å². The Morgan fingerprint density at radius 1 is 1.33 bits per heavy atom. The average Bonchev–Trinajstić information content (AvgIpc) is 2.36. The summed E-state index contributed by atoms with van der Waals surface area (Å²) in [6, 6.07) is 5.07. The molecule has 0 saturated carbocycles. The molecule has 0 saturated heterocycles. The third kappa shape index (κ3) is 4.35. The quantitative estimate of drug-likeness (QED) is 0.714. The number of phenolic OH excluding ortho intramolecular Hbond substituents is 1. The number of phenols is 1. The van der Waals surface area contributed by atoms with Crippen LogP contribution < -0.4 is 5.32 Å². The van der Waals surface area contributed by atoms with Crippen molar-refractivity contribution in [3.05, 3.63) is 29.3 Å². The van der Waals surface area contributed by atoms with Gasteiger partial charge in [0, 0.05) is 13.7 Å². The SMILES string of the molecule is COCCOCCNC(=O)c1cccc(C)c1O. The summed E-state index contributed by atoms with van der Waals surface area (Å²) in [5.41, 5.74) is 0.964. The van der Waals surface area contributed by atoms with E-state index in [2.05, 4.69) is 5.32 Å². The minimum absolute atomic E-state index is 0.0234. The van der Waals surface area contributed by atoms with Gasteiger partial charge in [0.05, 0.1) is 25.4 Å². The summed E-state index contributed by atoms with van der Waals surface area (Å²) in [5, 5.41) is 12.4. The topological polar surface area (TPSA) is 67.8 Å². The van der Waals surface area contributed by atoms with Crippen LogP contribution in [0.5, 0.6) is 5.75 Å². The summed E-state index contributed by atoms with van der Waals surface area (Å²) in [6.07, 6.45) is 0. The second-order valence-electron chi connectivity index (χ2n) is 3.83. The van der Waals surface area contributed by atoms with E-state index in [0.29, 0.717) is 31.9 Å². The van der Waals surface area contributed by atoms with Gasteiger partial charge in [0.15, 0.2) is 0 Å². The van der Waals surface area contributed by atoms with Crippen molar-refractivity contribution >= 4 is 5.91 Å². The van der Waals surface area contributed by atoms with Crippen molar-refractivity contribution in [2.24, 2.45) is 0 Å². The van der Waals surface area contributed by atoms with Crippen molar-refractivity contribution < 1.29 is 19.4 Å². The summed E-state index contributed by atoms with van der Waals surface area (Å²) in [7, 11) is 1.60.